The van der Waals surface area contributed by atoms with E-state index in [0.29, 0.717) is 72.1 Å². The van der Waals surface area contributed by atoms with Crippen molar-refractivity contribution in [3.63, 3.8) is 0 Å². The lowest BCUT2D eigenvalue weighted by molar-refractivity contribution is -0.376. The van der Waals surface area contributed by atoms with Crippen LogP contribution in [0.1, 0.15) is 52.4 Å². The third kappa shape index (κ3) is 18.2. The molecular weight excluding hydrogens is 848 g/mol. The Morgan fingerprint density at radius 2 is 1.08 bits per heavy atom. The average molecular weight is 919 g/mol. The highest BCUT2D eigenvalue weighted by atomic mass is 16.8. The quantitative estimate of drug-likeness (QED) is 0.0289. The number of hydrogen-bond donors (Lipinski definition) is 11. The summed E-state index contributed by atoms with van der Waals surface area (Å²) in [4.78, 5) is 36.7. The van der Waals surface area contributed by atoms with E-state index in [-0.39, 0.29) is 44.2 Å². The average Bonchev–Trinajstić information content (AvgIpc) is 3.26. The predicted molar refractivity (Wildman–Crippen MR) is 211 cm³/mol. The lowest BCUT2D eigenvalue weighted by atomic mass is 9.95. The van der Waals surface area contributed by atoms with Gasteiger partial charge in [-0.1, -0.05) is 0 Å². The maximum atomic E-state index is 12.5. The van der Waals surface area contributed by atoms with Crippen LogP contribution in [-0.2, 0) is 61.8 Å². The molecule has 3 heterocycles. The fourth-order valence-electron chi connectivity index (χ4n) is 6.90. The van der Waals surface area contributed by atoms with Crippen molar-refractivity contribution in [3.8, 4) is 0 Å². The number of aliphatic hydroxyl groups is 9. The number of unbranched alkanes of at least 4 members (excludes halogenated alkanes) is 1. The molecule has 368 valence electrons. The first-order chi connectivity index (χ1) is 30.3. The first-order valence-corrected chi connectivity index (χ1v) is 21.4. The van der Waals surface area contributed by atoms with Crippen molar-refractivity contribution >= 4 is 17.6 Å². The van der Waals surface area contributed by atoms with Crippen molar-refractivity contribution in [1.82, 2.24) is 10.6 Å². The summed E-state index contributed by atoms with van der Waals surface area (Å²) in [7, 11) is 0. The molecular formula is C39H70N2O22. The SMILES string of the molecule is CCOCCOCCOCCOCCC(=O)NCCCC(=O)CCCCO[C@@H]1OC(CO)[C@@H](O[C@@H]2OC(CO)[C@H](O)[C@H](O[C@H]3OC(CO)[C@H](O)[C@H](O)C3O)C2O)[C@H](O)C1NC(C)=O. The zero-order valence-electron chi connectivity index (χ0n) is 35.9. The van der Waals surface area contributed by atoms with Gasteiger partial charge in [0.2, 0.25) is 11.8 Å². The van der Waals surface area contributed by atoms with E-state index in [0.717, 1.165) is 0 Å². The van der Waals surface area contributed by atoms with Gasteiger partial charge >= 0.3 is 0 Å². The third-order valence-electron chi connectivity index (χ3n) is 10.4. The molecule has 0 bridgehead atoms. The van der Waals surface area contributed by atoms with Gasteiger partial charge in [-0.3, -0.25) is 14.4 Å². The molecule has 24 heteroatoms. The minimum absolute atomic E-state index is 0.0167. The number of carbonyl (C=O) groups excluding carboxylic acids is 3. The molecule has 0 spiro atoms. The summed E-state index contributed by atoms with van der Waals surface area (Å²) in [5.41, 5.74) is 0. The first-order valence-electron chi connectivity index (χ1n) is 21.4. The number of Topliss-reactive ketones (excluding diaryl/α,β-unsaturated/α-hetero) is 1. The monoisotopic (exact) mass is 918 g/mol. The summed E-state index contributed by atoms with van der Waals surface area (Å²) in [5, 5.41) is 99.3. The Balaban J connectivity index is 1.40. The van der Waals surface area contributed by atoms with Crippen LogP contribution >= 0.6 is 0 Å². The molecule has 63 heavy (non-hydrogen) atoms. The van der Waals surface area contributed by atoms with E-state index in [1.807, 2.05) is 6.92 Å². The number of ketones is 1. The number of rotatable bonds is 31. The van der Waals surface area contributed by atoms with Crippen LogP contribution in [-0.4, -0.2) is 241 Å². The second-order valence-electron chi connectivity index (χ2n) is 15.2. The van der Waals surface area contributed by atoms with E-state index in [9.17, 15) is 60.3 Å². The van der Waals surface area contributed by atoms with Crippen LogP contribution in [0, 0.1) is 0 Å². The maximum Gasteiger partial charge on any atom is 0.222 e. The van der Waals surface area contributed by atoms with E-state index in [1.165, 1.54) is 6.92 Å². The van der Waals surface area contributed by atoms with Crippen LogP contribution in [0.5, 0.6) is 0 Å². The molecule has 3 rings (SSSR count). The summed E-state index contributed by atoms with van der Waals surface area (Å²) in [6.07, 6.45) is -21.4. The molecule has 3 fully saturated rings. The summed E-state index contributed by atoms with van der Waals surface area (Å²) < 4.78 is 55.4. The highest BCUT2D eigenvalue weighted by molar-refractivity contribution is 5.78. The van der Waals surface area contributed by atoms with Crippen molar-refractivity contribution in [2.24, 2.45) is 0 Å². The number of carbonyl (C=O) groups is 3. The van der Waals surface area contributed by atoms with Crippen molar-refractivity contribution in [3.05, 3.63) is 0 Å². The number of hydrogen-bond acceptors (Lipinski definition) is 22. The molecule has 0 aromatic carbocycles. The first kappa shape index (κ1) is 55.2. The Kier molecular flexibility index (Phi) is 26.4. The van der Waals surface area contributed by atoms with Gasteiger partial charge in [0.1, 0.15) is 79.0 Å². The largest absolute Gasteiger partial charge is 0.394 e. The van der Waals surface area contributed by atoms with Crippen molar-refractivity contribution in [2.75, 3.05) is 85.8 Å². The second kappa shape index (κ2) is 30.2. The summed E-state index contributed by atoms with van der Waals surface area (Å²) >= 11 is 0. The smallest absolute Gasteiger partial charge is 0.222 e. The molecule has 0 aromatic rings. The van der Waals surface area contributed by atoms with Crippen LogP contribution in [0.3, 0.4) is 0 Å². The molecule has 3 aliphatic heterocycles. The molecule has 0 aromatic heterocycles. The number of aliphatic hydroxyl groups excluding tert-OH is 9. The molecule has 0 radical (unpaired) electrons. The van der Waals surface area contributed by atoms with E-state index in [2.05, 4.69) is 10.6 Å². The summed E-state index contributed by atoms with van der Waals surface area (Å²) in [6, 6.07) is -1.29. The van der Waals surface area contributed by atoms with Gasteiger partial charge < -0.3 is 104 Å². The van der Waals surface area contributed by atoms with E-state index in [4.69, 9.17) is 47.4 Å². The number of nitrogens with one attached hydrogen (secondary N) is 2. The van der Waals surface area contributed by atoms with E-state index >= 15 is 0 Å². The van der Waals surface area contributed by atoms with Gasteiger partial charge in [-0.2, -0.15) is 0 Å². The number of ether oxygens (including phenoxy) is 10. The number of amides is 2. The maximum absolute atomic E-state index is 12.5. The fraction of sp³-hybridized carbons (Fsp3) is 0.923. The zero-order valence-corrected chi connectivity index (χ0v) is 35.9. The second-order valence-corrected chi connectivity index (χ2v) is 15.2. The summed E-state index contributed by atoms with van der Waals surface area (Å²) in [5.74, 6) is -0.803. The molecule has 24 nitrogen and oxygen atoms in total. The molecule has 3 saturated heterocycles. The van der Waals surface area contributed by atoms with Gasteiger partial charge in [-0.05, 0) is 26.2 Å². The fourth-order valence-corrected chi connectivity index (χ4v) is 6.90. The molecule has 2 amide bonds. The van der Waals surface area contributed by atoms with Gasteiger partial charge in [0.05, 0.1) is 66.1 Å². The molecule has 6 unspecified atom stereocenters. The minimum atomic E-state index is -1.95. The minimum Gasteiger partial charge on any atom is -0.394 e. The van der Waals surface area contributed by atoms with Gasteiger partial charge in [0.15, 0.2) is 18.9 Å². The van der Waals surface area contributed by atoms with Crippen LogP contribution in [0.4, 0.5) is 0 Å². The van der Waals surface area contributed by atoms with Crippen LogP contribution < -0.4 is 10.6 Å². The topological polar surface area (TPSA) is 350 Å². The van der Waals surface area contributed by atoms with Gasteiger partial charge in [0, 0.05) is 45.9 Å². The van der Waals surface area contributed by atoms with E-state index < -0.39 is 118 Å². The lowest BCUT2D eigenvalue weighted by Gasteiger charge is -2.48. The zero-order chi connectivity index (χ0) is 46.3. The van der Waals surface area contributed by atoms with E-state index in [1.54, 1.807) is 0 Å². The van der Waals surface area contributed by atoms with Crippen molar-refractivity contribution < 1.29 is 108 Å². The molecule has 15 atom stereocenters. The summed E-state index contributed by atoms with van der Waals surface area (Å²) in [6.45, 7) is 4.61. The van der Waals surface area contributed by atoms with Gasteiger partial charge in [0.25, 0.3) is 0 Å². The normalized spacial score (nSPS) is 33.5. The Labute approximate surface area is 365 Å². The Morgan fingerprint density at radius 3 is 1.68 bits per heavy atom. The van der Waals surface area contributed by atoms with Crippen LogP contribution in [0.25, 0.3) is 0 Å². The standard InChI is InChI=1S/C39H70N2O22/c1-3-54-13-14-56-17-18-57-16-15-55-12-9-27(47)40-10-6-8-23(46)7-4-5-11-58-37-28(41-22(2)45)31(50)35(26(21-44)61-37)62-39-34(53)36(30(49)25(20-43)60-39)63-38-33(52)32(51)29(48)24(19-42)59-38/h24-26,28-39,42-44,48-53H,3-21H2,1-2H3,(H,40,47)(H,41,45)/t24?,25?,26?,28?,29-,30-,31+,32-,33?,34?,35+,36-,37+,38+,39-/m0/s1. The van der Waals surface area contributed by atoms with Crippen molar-refractivity contribution in [1.29, 1.82) is 0 Å². The molecule has 11 N–H and O–H groups in total. The van der Waals surface area contributed by atoms with Gasteiger partial charge in [-0.15, -0.1) is 0 Å². The Bertz CT molecular complexity index is 1290. The van der Waals surface area contributed by atoms with Crippen LogP contribution in [0.2, 0.25) is 0 Å². The lowest BCUT2D eigenvalue weighted by Crippen LogP contribution is -2.68. The van der Waals surface area contributed by atoms with Crippen molar-refractivity contribution in [2.45, 2.75) is 144 Å². The Hall–Kier alpha value is -2.15. The predicted octanol–water partition coefficient (Wildman–Crippen LogP) is -5.29. The van der Waals surface area contributed by atoms with Crippen LogP contribution in [0.15, 0.2) is 0 Å². The molecule has 0 aliphatic carbocycles. The Morgan fingerprint density at radius 1 is 0.540 bits per heavy atom. The molecule has 3 aliphatic rings. The third-order valence-corrected chi connectivity index (χ3v) is 10.4. The highest BCUT2D eigenvalue weighted by Gasteiger charge is 2.54. The van der Waals surface area contributed by atoms with Gasteiger partial charge in [-0.25, -0.2) is 0 Å². The highest BCUT2D eigenvalue weighted by Crippen LogP contribution is 2.33. The molecule has 0 saturated carbocycles.